The quantitative estimate of drug-likeness (QED) is 0.569. The van der Waals surface area contributed by atoms with Crippen LogP contribution in [0.1, 0.15) is 12.8 Å². The number of carbonyl (C=O) groups excluding carboxylic acids is 1. The van der Waals surface area contributed by atoms with Crippen molar-refractivity contribution in [3.63, 3.8) is 0 Å². The van der Waals surface area contributed by atoms with Gasteiger partial charge in [0, 0.05) is 13.1 Å². The average Bonchev–Trinajstić information content (AvgIpc) is 2.18. The van der Waals surface area contributed by atoms with E-state index in [0.29, 0.717) is 25.9 Å². The van der Waals surface area contributed by atoms with Crippen LogP contribution in [0.3, 0.4) is 0 Å². The fourth-order valence-corrected chi connectivity index (χ4v) is 1.42. The highest BCUT2D eigenvalue weighted by Crippen LogP contribution is 2.19. The maximum atomic E-state index is 11.0. The predicted octanol–water partition coefficient (Wildman–Crippen LogP) is 0.230. The lowest BCUT2D eigenvalue weighted by atomic mass is 9.91. The van der Waals surface area contributed by atoms with Crippen LogP contribution < -0.4 is 5.73 Å². The summed E-state index contributed by atoms with van der Waals surface area (Å²) in [6.07, 6.45) is 0.622. The second-order valence-electron chi connectivity index (χ2n) is 3.14. The Morgan fingerprint density at radius 1 is 1.62 bits per heavy atom. The fraction of sp³-hybridized carbons (Fsp3) is 0.714. The Kier molecular flexibility index (Phi) is 3.07. The molecular formula is C7H12N3O2P. The second kappa shape index (κ2) is 3.91. The fourth-order valence-electron chi connectivity index (χ4n) is 1.27. The summed E-state index contributed by atoms with van der Waals surface area (Å²) < 4.78 is 4.47. The smallest absolute Gasteiger partial charge is 0.411 e. The van der Waals surface area contributed by atoms with Crippen LogP contribution in [0.5, 0.6) is 0 Å². The molecule has 1 fully saturated rings. The number of amides is 1. The third kappa shape index (κ3) is 2.30. The van der Waals surface area contributed by atoms with Crippen molar-refractivity contribution in [1.82, 2.24) is 4.90 Å². The molecule has 0 aromatic heterocycles. The Labute approximate surface area is 79.1 Å². The number of piperidine rings is 1. The van der Waals surface area contributed by atoms with Crippen LogP contribution in [0, 0.1) is 11.3 Å². The van der Waals surface area contributed by atoms with E-state index < -0.39 is 5.54 Å². The van der Waals surface area contributed by atoms with Crippen molar-refractivity contribution in [3.8, 4) is 6.07 Å². The van der Waals surface area contributed by atoms with E-state index in [1.807, 2.05) is 9.47 Å². The molecule has 5 nitrogen and oxygen atoms in total. The van der Waals surface area contributed by atoms with E-state index in [9.17, 15) is 4.79 Å². The van der Waals surface area contributed by atoms with E-state index >= 15 is 0 Å². The molecule has 1 saturated heterocycles. The molecule has 0 bridgehead atoms. The van der Waals surface area contributed by atoms with Crippen molar-refractivity contribution in [2.24, 2.45) is 5.73 Å². The molecule has 2 N–H and O–H groups in total. The molecule has 1 aliphatic heterocycles. The molecule has 1 amide bonds. The predicted molar refractivity (Wildman–Crippen MR) is 49.5 cm³/mol. The zero-order chi connectivity index (χ0) is 9.90. The number of likely N-dealkylation sites (tertiary alicyclic amines) is 1. The van der Waals surface area contributed by atoms with E-state index in [0.717, 1.165) is 0 Å². The number of rotatable bonds is 0. The lowest BCUT2D eigenvalue weighted by molar-refractivity contribution is 0.138. The highest BCUT2D eigenvalue weighted by molar-refractivity contribution is 7.10. The van der Waals surface area contributed by atoms with Gasteiger partial charge in [-0.05, 0) is 12.8 Å². The summed E-state index contributed by atoms with van der Waals surface area (Å²) in [5.41, 5.74) is 4.95. The number of nitrogens with zero attached hydrogens (tertiary/aromatic N) is 2. The largest absolute Gasteiger partial charge is 0.435 e. The van der Waals surface area contributed by atoms with Gasteiger partial charge in [-0.15, -0.1) is 0 Å². The summed E-state index contributed by atoms with van der Waals surface area (Å²) in [6.45, 7) is 0.967. The first-order valence-electron chi connectivity index (χ1n) is 3.97. The number of hydrogen-bond donors (Lipinski definition) is 1. The van der Waals surface area contributed by atoms with Gasteiger partial charge in [-0.1, -0.05) is 0 Å². The Balaban J connectivity index is 2.49. The number of hydrogen-bond acceptors (Lipinski definition) is 4. The second-order valence-corrected chi connectivity index (χ2v) is 3.37. The van der Waals surface area contributed by atoms with Crippen LogP contribution in [0.25, 0.3) is 0 Å². The van der Waals surface area contributed by atoms with Gasteiger partial charge in [0.2, 0.25) is 0 Å². The third-order valence-corrected chi connectivity index (χ3v) is 2.44. The van der Waals surface area contributed by atoms with Crippen molar-refractivity contribution >= 4 is 15.6 Å². The summed E-state index contributed by atoms with van der Waals surface area (Å²) in [7, 11) is 1.91. The maximum Gasteiger partial charge on any atom is 0.411 e. The maximum absolute atomic E-state index is 11.0. The molecule has 1 atom stereocenters. The Morgan fingerprint density at radius 3 is 2.54 bits per heavy atom. The lowest BCUT2D eigenvalue weighted by Crippen LogP contribution is -2.50. The minimum atomic E-state index is -0.766. The molecule has 0 spiro atoms. The molecule has 0 radical (unpaired) electrons. The normalized spacial score (nSPS) is 20.5. The van der Waals surface area contributed by atoms with Crippen molar-refractivity contribution in [1.29, 1.82) is 5.26 Å². The molecule has 6 heteroatoms. The lowest BCUT2D eigenvalue weighted by Gasteiger charge is -2.33. The summed E-state index contributed by atoms with van der Waals surface area (Å²) in [6, 6.07) is 2.05. The average molecular weight is 201 g/mol. The van der Waals surface area contributed by atoms with Gasteiger partial charge in [-0.25, -0.2) is 4.79 Å². The summed E-state index contributed by atoms with van der Waals surface area (Å²) in [5, 5.41) is 8.72. The molecule has 0 aromatic rings. The Bertz CT molecular complexity index is 243. The minimum absolute atomic E-state index is 0.384. The van der Waals surface area contributed by atoms with Crippen LogP contribution in [0.4, 0.5) is 4.79 Å². The first-order valence-corrected chi connectivity index (χ1v) is 4.44. The molecule has 0 saturated carbocycles. The number of nitriles is 1. The van der Waals surface area contributed by atoms with Crippen LogP contribution in [0.2, 0.25) is 0 Å². The first-order chi connectivity index (χ1) is 6.11. The summed E-state index contributed by atoms with van der Waals surface area (Å²) in [4.78, 5) is 12.6. The Hall–Kier alpha value is -0.850. The van der Waals surface area contributed by atoms with Crippen molar-refractivity contribution in [2.75, 3.05) is 13.1 Å². The van der Waals surface area contributed by atoms with Crippen molar-refractivity contribution < 1.29 is 9.32 Å². The van der Waals surface area contributed by atoms with Crippen LogP contribution in [-0.4, -0.2) is 29.6 Å². The molecule has 1 aliphatic rings. The topological polar surface area (TPSA) is 79.4 Å². The third-order valence-electron chi connectivity index (χ3n) is 2.24. The van der Waals surface area contributed by atoms with Gasteiger partial charge in [0.1, 0.15) is 5.54 Å². The minimum Gasteiger partial charge on any atom is -0.435 e. The van der Waals surface area contributed by atoms with E-state index in [4.69, 9.17) is 11.0 Å². The molecule has 0 aromatic carbocycles. The van der Waals surface area contributed by atoms with Crippen molar-refractivity contribution in [2.45, 2.75) is 18.4 Å². The van der Waals surface area contributed by atoms with E-state index in [1.54, 1.807) is 0 Å². The van der Waals surface area contributed by atoms with Gasteiger partial charge in [0.25, 0.3) is 0 Å². The highest BCUT2D eigenvalue weighted by atomic mass is 31.0. The summed E-state index contributed by atoms with van der Waals surface area (Å²) in [5.74, 6) is 0. The zero-order valence-corrected chi connectivity index (χ0v) is 8.35. The van der Waals surface area contributed by atoms with Crippen LogP contribution in [-0.2, 0) is 4.52 Å². The molecule has 13 heavy (non-hydrogen) atoms. The molecule has 1 heterocycles. The van der Waals surface area contributed by atoms with E-state index in [-0.39, 0.29) is 6.09 Å². The summed E-state index contributed by atoms with van der Waals surface area (Å²) >= 11 is 0. The van der Waals surface area contributed by atoms with Gasteiger partial charge < -0.3 is 15.2 Å². The van der Waals surface area contributed by atoms with E-state index in [2.05, 4.69) is 10.6 Å². The molecule has 72 valence electrons. The van der Waals surface area contributed by atoms with Gasteiger partial charge in [-0.2, -0.15) is 5.26 Å². The Morgan fingerprint density at radius 2 is 2.15 bits per heavy atom. The monoisotopic (exact) mass is 201 g/mol. The van der Waals surface area contributed by atoms with Gasteiger partial charge >= 0.3 is 6.09 Å². The van der Waals surface area contributed by atoms with Gasteiger partial charge in [0.15, 0.2) is 0 Å². The highest BCUT2D eigenvalue weighted by Gasteiger charge is 2.32. The van der Waals surface area contributed by atoms with Gasteiger partial charge in [0.05, 0.1) is 15.5 Å². The van der Waals surface area contributed by atoms with Crippen LogP contribution in [0.15, 0.2) is 0 Å². The van der Waals surface area contributed by atoms with Crippen molar-refractivity contribution in [3.05, 3.63) is 0 Å². The molecule has 1 unspecified atom stereocenters. The van der Waals surface area contributed by atoms with Gasteiger partial charge in [-0.3, -0.25) is 0 Å². The van der Waals surface area contributed by atoms with Crippen LogP contribution >= 0.6 is 9.47 Å². The standard InChI is InChI=1S/C7H12N3O2P/c8-5-7(9)1-3-10(4-2-7)6(11)12-13/h1-4,9,13H2. The molecular weight excluding hydrogens is 189 g/mol. The number of nitrogens with two attached hydrogens (primary N) is 1. The zero-order valence-electron chi connectivity index (χ0n) is 7.19. The van der Waals surface area contributed by atoms with E-state index in [1.165, 1.54) is 4.90 Å². The molecule has 1 rings (SSSR count). The first kappa shape index (κ1) is 10.2. The SMILES string of the molecule is N#CC1(N)CCN(C(=O)OP)CC1. The molecule has 0 aliphatic carbocycles. The number of carbonyl (C=O) groups is 1.